The molecule has 2 aromatic rings. The fourth-order valence-corrected chi connectivity index (χ4v) is 1.42. The highest BCUT2D eigenvalue weighted by Gasteiger charge is 2.29. The van der Waals surface area contributed by atoms with Crippen molar-refractivity contribution in [2.75, 3.05) is 0 Å². The van der Waals surface area contributed by atoms with Gasteiger partial charge in [0, 0.05) is 6.08 Å². The predicted octanol–water partition coefficient (Wildman–Crippen LogP) is 3.36. The number of alkyl halides is 3. The molecular weight excluding hydrogens is 259 g/mol. The van der Waals surface area contributed by atoms with E-state index in [1.165, 1.54) is 24.5 Å². The Hall–Kier alpha value is -2.08. The number of oxazole rings is 1. The smallest absolute Gasteiger partial charge is 0.416 e. The molecule has 0 amide bonds. The third kappa shape index (κ3) is 3.45. The summed E-state index contributed by atoms with van der Waals surface area (Å²) in [6, 6.07) is 4.73. The summed E-state index contributed by atoms with van der Waals surface area (Å²) >= 11 is 0. The van der Waals surface area contributed by atoms with Crippen molar-refractivity contribution in [1.29, 1.82) is 0 Å². The van der Waals surface area contributed by atoms with Gasteiger partial charge in [-0.3, -0.25) is 0 Å². The first-order chi connectivity index (χ1) is 8.99. The summed E-state index contributed by atoms with van der Waals surface area (Å²) < 4.78 is 42.1. The van der Waals surface area contributed by atoms with Crippen LogP contribution in [0.2, 0.25) is 0 Å². The molecular formula is C13H10F3NO2. The van der Waals surface area contributed by atoms with Crippen molar-refractivity contribution >= 4 is 12.2 Å². The average Bonchev–Trinajstić information content (AvgIpc) is 2.84. The molecule has 2 rings (SSSR count). The number of hydrogen-bond donors (Lipinski definition) is 1. The second-order valence-electron chi connectivity index (χ2n) is 3.79. The molecule has 100 valence electrons. The number of aliphatic hydroxyl groups is 1. The molecule has 0 saturated heterocycles. The maximum absolute atomic E-state index is 12.3. The van der Waals surface area contributed by atoms with Crippen LogP contribution in [0.25, 0.3) is 12.2 Å². The maximum Gasteiger partial charge on any atom is 0.416 e. The van der Waals surface area contributed by atoms with Gasteiger partial charge in [0.2, 0.25) is 5.89 Å². The van der Waals surface area contributed by atoms with Gasteiger partial charge in [-0.25, -0.2) is 4.98 Å². The fraction of sp³-hybridized carbons (Fsp3) is 0.154. The van der Waals surface area contributed by atoms with Crippen LogP contribution in [0.1, 0.15) is 22.7 Å². The highest BCUT2D eigenvalue weighted by molar-refractivity contribution is 5.66. The molecule has 0 spiro atoms. The van der Waals surface area contributed by atoms with Gasteiger partial charge < -0.3 is 9.52 Å². The SMILES string of the molecule is OCc1coc(C=Cc2ccc(C(F)(F)F)cc2)n1. The quantitative estimate of drug-likeness (QED) is 0.929. The van der Waals surface area contributed by atoms with E-state index in [9.17, 15) is 13.2 Å². The Morgan fingerprint density at radius 1 is 1.16 bits per heavy atom. The minimum Gasteiger partial charge on any atom is -0.445 e. The van der Waals surface area contributed by atoms with Crippen LogP contribution in [0.4, 0.5) is 13.2 Å². The van der Waals surface area contributed by atoms with E-state index >= 15 is 0 Å². The number of hydrogen-bond acceptors (Lipinski definition) is 3. The lowest BCUT2D eigenvalue weighted by molar-refractivity contribution is -0.137. The van der Waals surface area contributed by atoms with E-state index in [2.05, 4.69) is 4.98 Å². The molecule has 0 atom stereocenters. The minimum absolute atomic E-state index is 0.225. The van der Waals surface area contributed by atoms with Crippen LogP contribution in [-0.4, -0.2) is 10.1 Å². The topological polar surface area (TPSA) is 46.3 Å². The highest BCUT2D eigenvalue weighted by Crippen LogP contribution is 2.29. The van der Waals surface area contributed by atoms with Crippen molar-refractivity contribution in [3.05, 3.63) is 53.2 Å². The summed E-state index contributed by atoms with van der Waals surface area (Å²) in [5.41, 5.74) is 0.298. The lowest BCUT2D eigenvalue weighted by atomic mass is 10.1. The first-order valence-electron chi connectivity index (χ1n) is 5.39. The zero-order valence-electron chi connectivity index (χ0n) is 9.69. The number of nitrogens with zero attached hydrogens (tertiary/aromatic N) is 1. The normalized spacial score (nSPS) is 12.2. The van der Waals surface area contributed by atoms with Crippen LogP contribution < -0.4 is 0 Å². The summed E-state index contributed by atoms with van der Waals surface area (Å²) in [6.45, 7) is -0.225. The van der Waals surface area contributed by atoms with E-state index in [-0.39, 0.29) is 12.5 Å². The van der Waals surface area contributed by atoms with Crippen LogP contribution in [-0.2, 0) is 12.8 Å². The monoisotopic (exact) mass is 269 g/mol. The zero-order valence-corrected chi connectivity index (χ0v) is 9.69. The van der Waals surface area contributed by atoms with Crippen molar-refractivity contribution in [2.24, 2.45) is 0 Å². The molecule has 6 heteroatoms. The third-order valence-corrected chi connectivity index (χ3v) is 2.39. The van der Waals surface area contributed by atoms with Crippen LogP contribution in [0.3, 0.4) is 0 Å². The van der Waals surface area contributed by atoms with E-state index in [1.807, 2.05) is 0 Å². The summed E-state index contributed by atoms with van der Waals surface area (Å²) in [5, 5.41) is 8.79. The fourth-order valence-electron chi connectivity index (χ4n) is 1.42. The number of benzene rings is 1. The van der Waals surface area contributed by atoms with Crippen LogP contribution in [0.15, 0.2) is 34.9 Å². The Bertz CT molecular complexity index is 570. The molecule has 0 fully saturated rings. The molecule has 3 nitrogen and oxygen atoms in total. The van der Waals surface area contributed by atoms with Crippen molar-refractivity contribution < 1.29 is 22.7 Å². The van der Waals surface area contributed by atoms with Gasteiger partial charge >= 0.3 is 6.18 Å². The van der Waals surface area contributed by atoms with Gasteiger partial charge in [0.25, 0.3) is 0 Å². The molecule has 0 aliphatic heterocycles. The standard InChI is InChI=1S/C13H10F3NO2/c14-13(15,16)10-4-1-9(2-5-10)3-6-12-17-11(7-18)8-19-12/h1-6,8,18H,7H2. The van der Waals surface area contributed by atoms with Crippen molar-refractivity contribution in [3.8, 4) is 0 Å². The van der Waals surface area contributed by atoms with Gasteiger partial charge in [0.15, 0.2) is 0 Å². The Labute approximate surface area is 107 Å². The first-order valence-corrected chi connectivity index (χ1v) is 5.39. The number of aliphatic hydroxyl groups excluding tert-OH is 1. The molecule has 1 heterocycles. The molecule has 1 aromatic heterocycles. The highest BCUT2D eigenvalue weighted by atomic mass is 19.4. The Kier molecular flexibility index (Phi) is 3.71. The van der Waals surface area contributed by atoms with E-state index in [0.717, 1.165) is 12.1 Å². The van der Waals surface area contributed by atoms with E-state index < -0.39 is 11.7 Å². The minimum atomic E-state index is -4.33. The largest absolute Gasteiger partial charge is 0.445 e. The lowest BCUT2D eigenvalue weighted by Crippen LogP contribution is -2.03. The molecule has 0 aliphatic carbocycles. The van der Waals surface area contributed by atoms with Crippen LogP contribution >= 0.6 is 0 Å². The van der Waals surface area contributed by atoms with Gasteiger partial charge in [-0.15, -0.1) is 0 Å². The first kappa shape index (κ1) is 13.4. The van der Waals surface area contributed by atoms with Crippen molar-refractivity contribution in [2.45, 2.75) is 12.8 Å². The number of rotatable bonds is 3. The van der Waals surface area contributed by atoms with Crippen molar-refractivity contribution in [3.63, 3.8) is 0 Å². The van der Waals surface area contributed by atoms with Gasteiger partial charge in [-0.1, -0.05) is 12.1 Å². The van der Waals surface area contributed by atoms with Gasteiger partial charge in [-0.2, -0.15) is 13.2 Å². The zero-order chi connectivity index (χ0) is 13.9. The summed E-state index contributed by atoms with van der Waals surface area (Å²) in [5.74, 6) is 0.281. The molecule has 0 aliphatic rings. The molecule has 1 aromatic carbocycles. The molecule has 0 radical (unpaired) electrons. The summed E-state index contributed by atoms with van der Waals surface area (Å²) in [6.07, 6.45) is 0.0716. The van der Waals surface area contributed by atoms with Gasteiger partial charge in [0.05, 0.1) is 12.2 Å². The second-order valence-corrected chi connectivity index (χ2v) is 3.79. The van der Waals surface area contributed by atoms with E-state index in [4.69, 9.17) is 9.52 Å². The number of halogens is 3. The Morgan fingerprint density at radius 3 is 2.37 bits per heavy atom. The maximum atomic E-state index is 12.3. The molecule has 19 heavy (non-hydrogen) atoms. The molecule has 0 bridgehead atoms. The Morgan fingerprint density at radius 2 is 1.84 bits per heavy atom. The number of aromatic nitrogens is 1. The lowest BCUT2D eigenvalue weighted by Gasteiger charge is -2.05. The third-order valence-electron chi connectivity index (χ3n) is 2.39. The molecule has 0 unspecified atom stereocenters. The summed E-state index contributed by atoms with van der Waals surface area (Å²) in [7, 11) is 0. The molecule has 1 N–H and O–H groups in total. The van der Waals surface area contributed by atoms with Gasteiger partial charge in [-0.05, 0) is 23.8 Å². The predicted molar refractivity (Wildman–Crippen MR) is 62.8 cm³/mol. The van der Waals surface area contributed by atoms with Crippen molar-refractivity contribution in [1.82, 2.24) is 4.98 Å². The molecule has 0 saturated carbocycles. The van der Waals surface area contributed by atoms with E-state index in [1.54, 1.807) is 6.08 Å². The van der Waals surface area contributed by atoms with E-state index in [0.29, 0.717) is 11.3 Å². The Balaban J connectivity index is 2.11. The summed E-state index contributed by atoms with van der Waals surface area (Å²) in [4.78, 5) is 3.92. The second kappa shape index (κ2) is 5.27. The average molecular weight is 269 g/mol. The van der Waals surface area contributed by atoms with Crippen LogP contribution in [0.5, 0.6) is 0 Å². The van der Waals surface area contributed by atoms with Gasteiger partial charge in [0.1, 0.15) is 12.0 Å². The van der Waals surface area contributed by atoms with Crippen LogP contribution in [0, 0.1) is 0 Å².